The first-order chi connectivity index (χ1) is 13.6. The van der Waals surface area contributed by atoms with E-state index in [0.29, 0.717) is 29.4 Å². The van der Waals surface area contributed by atoms with E-state index in [4.69, 9.17) is 9.15 Å². The summed E-state index contributed by atoms with van der Waals surface area (Å²) in [5, 5.41) is 20.1. The van der Waals surface area contributed by atoms with Gasteiger partial charge < -0.3 is 14.3 Å². The second-order valence-corrected chi connectivity index (χ2v) is 5.98. The highest BCUT2D eigenvalue weighted by molar-refractivity contribution is 5.87. The van der Waals surface area contributed by atoms with Gasteiger partial charge in [0.25, 0.3) is 5.56 Å². The predicted octanol–water partition coefficient (Wildman–Crippen LogP) is 3.52. The van der Waals surface area contributed by atoms with E-state index in [9.17, 15) is 15.2 Å². The van der Waals surface area contributed by atoms with Crippen LogP contribution in [-0.2, 0) is 6.54 Å². The van der Waals surface area contributed by atoms with Crippen molar-refractivity contribution in [2.24, 2.45) is 4.99 Å². The van der Waals surface area contributed by atoms with Crippen molar-refractivity contribution >= 4 is 11.9 Å². The van der Waals surface area contributed by atoms with Gasteiger partial charge in [-0.3, -0.25) is 14.4 Å². The fourth-order valence-electron chi connectivity index (χ4n) is 2.81. The fourth-order valence-corrected chi connectivity index (χ4v) is 2.81. The van der Waals surface area contributed by atoms with Crippen molar-refractivity contribution in [2.75, 3.05) is 6.61 Å². The molecule has 1 N–H and O–H groups in total. The second-order valence-electron chi connectivity index (χ2n) is 5.98. The molecule has 0 unspecified atom stereocenters. The molecule has 0 radical (unpaired) electrons. The molecular formula is C21H19N3O4. The number of hydrogen-bond donors (Lipinski definition) is 1. The number of para-hydroxylation sites is 2. The zero-order valence-corrected chi connectivity index (χ0v) is 15.5. The van der Waals surface area contributed by atoms with E-state index in [1.54, 1.807) is 31.2 Å². The molecule has 7 nitrogen and oxygen atoms in total. The van der Waals surface area contributed by atoms with E-state index >= 15 is 0 Å². The molecule has 2 aromatic heterocycles. The van der Waals surface area contributed by atoms with Crippen LogP contribution in [0.5, 0.6) is 11.6 Å². The van der Waals surface area contributed by atoms with Crippen molar-refractivity contribution in [3.63, 3.8) is 0 Å². The number of aromatic hydroxyl groups is 1. The van der Waals surface area contributed by atoms with Crippen molar-refractivity contribution in [3.05, 3.63) is 75.5 Å². The summed E-state index contributed by atoms with van der Waals surface area (Å²) in [6.07, 6.45) is 2.91. The van der Waals surface area contributed by atoms with Gasteiger partial charge in [0.2, 0.25) is 5.88 Å². The van der Waals surface area contributed by atoms with Crippen LogP contribution < -0.4 is 10.3 Å². The maximum atomic E-state index is 12.6. The number of aromatic nitrogens is 1. The number of ether oxygens (including phenoxy) is 1. The summed E-state index contributed by atoms with van der Waals surface area (Å²) in [6.45, 7) is 3.97. The average molecular weight is 377 g/mol. The number of pyridine rings is 1. The molecule has 0 aliphatic rings. The molecule has 3 aromatic rings. The molecule has 0 bridgehead atoms. The lowest BCUT2D eigenvalue weighted by atomic mass is 10.1. The van der Waals surface area contributed by atoms with Crippen molar-refractivity contribution < 1.29 is 14.3 Å². The third-order valence-electron chi connectivity index (χ3n) is 4.24. The van der Waals surface area contributed by atoms with Gasteiger partial charge in [-0.25, -0.2) is 0 Å². The minimum absolute atomic E-state index is 0.00298. The molecule has 0 atom stereocenters. The maximum absolute atomic E-state index is 12.6. The van der Waals surface area contributed by atoms with Gasteiger partial charge in [0.15, 0.2) is 0 Å². The van der Waals surface area contributed by atoms with E-state index in [0.717, 1.165) is 4.57 Å². The highest BCUT2D eigenvalue weighted by atomic mass is 16.5. The number of benzene rings is 1. The van der Waals surface area contributed by atoms with E-state index in [1.807, 2.05) is 25.1 Å². The summed E-state index contributed by atoms with van der Waals surface area (Å²) in [6, 6.07) is 12.5. The first-order valence-electron chi connectivity index (χ1n) is 8.71. The molecule has 28 heavy (non-hydrogen) atoms. The number of nitrogens with zero attached hydrogens (tertiary/aromatic N) is 3. The maximum Gasteiger partial charge on any atom is 0.271 e. The number of aliphatic imine (C=N–C) groups is 1. The Bertz CT molecular complexity index is 1110. The van der Waals surface area contributed by atoms with E-state index in [1.165, 1.54) is 12.5 Å². The molecule has 0 saturated carbocycles. The Labute approximate surface area is 161 Å². The Morgan fingerprint density at radius 2 is 2.11 bits per heavy atom. The molecule has 0 spiro atoms. The quantitative estimate of drug-likeness (QED) is 0.662. The molecule has 0 aliphatic heterocycles. The molecule has 142 valence electrons. The smallest absolute Gasteiger partial charge is 0.271 e. The Balaban J connectivity index is 2.11. The molecule has 0 amide bonds. The monoisotopic (exact) mass is 377 g/mol. The zero-order chi connectivity index (χ0) is 20.1. The third-order valence-corrected chi connectivity index (χ3v) is 4.24. The largest absolute Gasteiger partial charge is 0.494 e. The van der Waals surface area contributed by atoms with Gasteiger partial charge >= 0.3 is 0 Å². The number of furan rings is 1. The minimum atomic E-state index is -0.583. The lowest BCUT2D eigenvalue weighted by Crippen LogP contribution is -2.25. The summed E-state index contributed by atoms with van der Waals surface area (Å²) in [4.78, 5) is 17.0. The van der Waals surface area contributed by atoms with Crippen LogP contribution in [-0.4, -0.2) is 22.5 Å². The summed E-state index contributed by atoms with van der Waals surface area (Å²) >= 11 is 0. The molecule has 0 saturated heterocycles. The van der Waals surface area contributed by atoms with Crippen LogP contribution in [0, 0.1) is 18.3 Å². The Morgan fingerprint density at radius 3 is 2.79 bits per heavy atom. The van der Waals surface area contributed by atoms with Crippen LogP contribution in [0.3, 0.4) is 0 Å². The van der Waals surface area contributed by atoms with Gasteiger partial charge in [0.1, 0.15) is 28.8 Å². The highest BCUT2D eigenvalue weighted by Crippen LogP contribution is 2.28. The minimum Gasteiger partial charge on any atom is -0.494 e. The summed E-state index contributed by atoms with van der Waals surface area (Å²) in [5.74, 6) is 0.799. The van der Waals surface area contributed by atoms with E-state index < -0.39 is 5.56 Å². The lowest BCUT2D eigenvalue weighted by molar-refractivity contribution is 0.341. The van der Waals surface area contributed by atoms with Crippen molar-refractivity contribution in [3.8, 4) is 17.7 Å². The van der Waals surface area contributed by atoms with Crippen LogP contribution in [0.4, 0.5) is 5.69 Å². The Morgan fingerprint density at radius 1 is 1.32 bits per heavy atom. The standard InChI is InChI=1S/C21H19N3O4/c1-3-27-19-9-5-4-8-18(19)23-12-17-14(2)16(11-22)20(25)24(21(17)26)13-15-7-6-10-28-15/h4-10,12,26H,3,13H2,1-2H3. The molecule has 0 aliphatic carbocycles. The van der Waals surface area contributed by atoms with Gasteiger partial charge in [-0.15, -0.1) is 0 Å². The van der Waals surface area contributed by atoms with Crippen molar-refractivity contribution in [2.45, 2.75) is 20.4 Å². The van der Waals surface area contributed by atoms with Crippen molar-refractivity contribution in [1.29, 1.82) is 5.26 Å². The second kappa shape index (κ2) is 8.27. The average Bonchev–Trinajstić information content (AvgIpc) is 3.20. The van der Waals surface area contributed by atoms with Gasteiger partial charge in [-0.2, -0.15) is 5.26 Å². The summed E-state index contributed by atoms with van der Waals surface area (Å²) < 4.78 is 11.9. The fraction of sp³-hybridized carbons (Fsp3) is 0.190. The summed E-state index contributed by atoms with van der Waals surface area (Å²) in [7, 11) is 0. The number of rotatable bonds is 6. The lowest BCUT2D eigenvalue weighted by Gasteiger charge is -2.13. The van der Waals surface area contributed by atoms with Crippen LogP contribution in [0.2, 0.25) is 0 Å². The molecule has 1 aromatic carbocycles. The molecule has 0 fully saturated rings. The first-order valence-corrected chi connectivity index (χ1v) is 8.71. The Hall–Kier alpha value is -3.79. The molecule has 3 rings (SSSR count). The van der Waals surface area contributed by atoms with Crippen LogP contribution in [0.15, 0.2) is 56.9 Å². The van der Waals surface area contributed by atoms with Crippen molar-refractivity contribution in [1.82, 2.24) is 4.57 Å². The molecular weight excluding hydrogens is 358 g/mol. The molecule has 2 heterocycles. The predicted molar refractivity (Wildman–Crippen MR) is 104 cm³/mol. The highest BCUT2D eigenvalue weighted by Gasteiger charge is 2.19. The third kappa shape index (κ3) is 3.67. The Kier molecular flexibility index (Phi) is 5.61. The first kappa shape index (κ1) is 19.0. The van der Waals surface area contributed by atoms with E-state index in [-0.39, 0.29) is 23.6 Å². The number of nitriles is 1. The van der Waals surface area contributed by atoms with Gasteiger partial charge in [0, 0.05) is 6.21 Å². The van der Waals surface area contributed by atoms with Gasteiger partial charge in [-0.05, 0) is 43.7 Å². The SMILES string of the molecule is CCOc1ccccc1N=Cc1c(C)c(C#N)c(=O)n(Cc2ccco2)c1O. The number of hydrogen-bond acceptors (Lipinski definition) is 6. The van der Waals surface area contributed by atoms with Gasteiger partial charge in [-0.1, -0.05) is 12.1 Å². The van der Waals surface area contributed by atoms with Crippen LogP contribution in [0.1, 0.15) is 29.4 Å². The zero-order valence-electron chi connectivity index (χ0n) is 15.5. The van der Waals surface area contributed by atoms with Crippen LogP contribution in [0.25, 0.3) is 0 Å². The van der Waals surface area contributed by atoms with Crippen LogP contribution >= 0.6 is 0 Å². The normalized spacial score (nSPS) is 10.9. The van der Waals surface area contributed by atoms with E-state index in [2.05, 4.69) is 4.99 Å². The molecule has 7 heteroatoms. The summed E-state index contributed by atoms with van der Waals surface area (Å²) in [5.41, 5.74) is 0.586. The topological polar surface area (TPSA) is 101 Å². The van der Waals surface area contributed by atoms with Gasteiger partial charge in [0.05, 0.1) is 25.0 Å².